The fourth-order valence-electron chi connectivity index (χ4n) is 3.23. The van der Waals surface area contributed by atoms with Gasteiger partial charge in [0.05, 0.1) is 6.54 Å². The molecule has 1 aromatic rings. The van der Waals surface area contributed by atoms with E-state index in [4.69, 9.17) is 4.42 Å². The average molecular weight is 276 g/mol. The Bertz CT molecular complexity index is 436. The van der Waals surface area contributed by atoms with Crippen LogP contribution in [0.15, 0.2) is 10.5 Å². The van der Waals surface area contributed by atoms with Gasteiger partial charge < -0.3 is 9.73 Å². The maximum Gasteiger partial charge on any atom is 0.118 e. The van der Waals surface area contributed by atoms with Crippen molar-refractivity contribution in [3.05, 3.63) is 23.2 Å². The number of hydrogen-bond acceptors (Lipinski definition) is 3. The van der Waals surface area contributed by atoms with Gasteiger partial charge in [0.2, 0.25) is 0 Å². The van der Waals surface area contributed by atoms with E-state index in [0.29, 0.717) is 0 Å². The van der Waals surface area contributed by atoms with Crippen LogP contribution in [0.25, 0.3) is 0 Å². The van der Waals surface area contributed by atoms with E-state index in [-0.39, 0.29) is 0 Å². The van der Waals surface area contributed by atoms with Gasteiger partial charge in [0.15, 0.2) is 0 Å². The average Bonchev–Trinajstić information content (AvgIpc) is 3.22. The van der Waals surface area contributed by atoms with Crippen molar-refractivity contribution in [1.29, 1.82) is 0 Å². The first-order chi connectivity index (χ1) is 9.74. The summed E-state index contributed by atoms with van der Waals surface area (Å²) in [4.78, 5) is 2.60. The molecule has 2 fully saturated rings. The zero-order valence-electron chi connectivity index (χ0n) is 13.0. The highest BCUT2D eigenvalue weighted by atomic mass is 16.3. The Hall–Kier alpha value is -0.800. The number of aryl methyl sites for hydroxylation is 1. The van der Waals surface area contributed by atoms with E-state index in [0.717, 1.165) is 36.6 Å². The van der Waals surface area contributed by atoms with Crippen molar-refractivity contribution in [3.63, 3.8) is 0 Å². The number of piperidine rings is 1. The van der Waals surface area contributed by atoms with E-state index in [2.05, 4.69) is 30.1 Å². The van der Waals surface area contributed by atoms with Gasteiger partial charge in [0.25, 0.3) is 0 Å². The molecule has 1 N–H and O–H groups in total. The minimum absolute atomic E-state index is 0.747. The highest BCUT2D eigenvalue weighted by Gasteiger charge is 2.22. The molecule has 1 aliphatic carbocycles. The van der Waals surface area contributed by atoms with Crippen LogP contribution in [0, 0.1) is 12.8 Å². The normalized spacial score (nSPS) is 24.2. The molecule has 112 valence electrons. The summed E-state index contributed by atoms with van der Waals surface area (Å²) in [5.41, 5.74) is 1.38. The maximum absolute atomic E-state index is 5.90. The number of furan rings is 1. The van der Waals surface area contributed by atoms with Crippen molar-refractivity contribution in [2.75, 3.05) is 13.1 Å². The van der Waals surface area contributed by atoms with Crippen LogP contribution in [0.1, 0.15) is 56.1 Å². The largest absolute Gasteiger partial charge is 0.465 e. The van der Waals surface area contributed by atoms with Crippen LogP contribution in [0.4, 0.5) is 0 Å². The van der Waals surface area contributed by atoms with Gasteiger partial charge in [-0.05, 0) is 51.1 Å². The lowest BCUT2D eigenvalue weighted by atomic mass is 9.95. The van der Waals surface area contributed by atoms with E-state index >= 15 is 0 Å². The van der Waals surface area contributed by atoms with Crippen molar-refractivity contribution in [2.24, 2.45) is 5.92 Å². The van der Waals surface area contributed by atoms with Crippen LogP contribution in [0.5, 0.6) is 0 Å². The van der Waals surface area contributed by atoms with Crippen molar-refractivity contribution >= 4 is 0 Å². The number of nitrogens with one attached hydrogen (secondary N) is 1. The van der Waals surface area contributed by atoms with Crippen molar-refractivity contribution in [2.45, 2.75) is 65.1 Å². The van der Waals surface area contributed by atoms with E-state index in [9.17, 15) is 0 Å². The Morgan fingerprint density at radius 1 is 1.35 bits per heavy atom. The minimum atomic E-state index is 0.747. The van der Waals surface area contributed by atoms with Gasteiger partial charge in [-0.25, -0.2) is 0 Å². The molecular formula is C17H28N2O. The summed E-state index contributed by atoms with van der Waals surface area (Å²) in [6.45, 7) is 8.89. The van der Waals surface area contributed by atoms with Gasteiger partial charge >= 0.3 is 0 Å². The maximum atomic E-state index is 5.90. The Kier molecular flexibility index (Phi) is 4.47. The quantitative estimate of drug-likeness (QED) is 0.862. The fourth-order valence-corrected chi connectivity index (χ4v) is 3.23. The summed E-state index contributed by atoms with van der Waals surface area (Å²) in [7, 11) is 0. The van der Waals surface area contributed by atoms with Crippen molar-refractivity contribution in [3.8, 4) is 0 Å². The molecule has 20 heavy (non-hydrogen) atoms. The number of hydrogen-bond donors (Lipinski definition) is 1. The molecule has 2 aliphatic rings. The number of nitrogens with zero attached hydrogens (tertiary/aromatic N) is 1. The predicted octanol–water partition coefficient (Wildman–Crippen LogP) is 3.46. The topological polar surface area (TPSA) is 28.4 Å². The number of likely N-dealkylation sites (tertiary alicyclic amines) is 1. The molecule has 0 spiro atoms. The van der Waals surface area contributed by atoms with E-state index < -0.39 is 0 Å². The van der Waals surface area contributed by atoms with Gasteiger partial charge in [-0.1, -0.05) is 13.3 Å². The van der Waals surface area contributed by atoms with Gasteiger partial charge in [0.1, 0.15) is 11.5 Å². The summed E-state index contributed by atoms with van der Waals surface area (Å²) < 4.78 is 5.90. The molecule has 3 heteroatoms. The smallest absolute Gasteiger partial charge is 0.118 e. The highest BCUT2D eigenvalue weighted by Crippen LogP contribution is 2.24. The minimum Gasteiger partial charge on any atom is -0.465 e. The first-order valence-electron chi connectivity index (χ1n) is 8.28. The molecule has 0 aromatic carbocycles. The van der Waals surface area contributed by atoms with Crippen LogP contribution < -0.4 is 5.32 Å². The predicted molar refractivity (Wildman–Crippen MR) is 81.6 cm³/mol. The molecule has 0 radical (unpaired) electrons. The molecule has 1 saturated carbocycles. The SMILES string of the molecule is CCC1CCCN(Cc2cc(CNC3CC3)oc2C)C1. The standard InChI is InChI=1S/C17H28N2O/c1-3-14-5-4-8-19(11-14)12-15-9-17(20-13(15)2)10-18-16-6-7-16/h9,14,16,18H,3-8,10-12H2,1-2H3. The molecule has 3 rings (SSSR count). The summed E-state index contributed by atoms with van der Waals surface area (Å²) in [5.74, 6) is 3.11. The van der Waals surface area contributed by atoms with E-state index in [1.165, 1.54) is 50.8 Å². The highest BCUT2D eigenvalue weighted by molar-refractivity contribution is 5.21. The van der Waals surface area contributed by atoms with Crippen molar-refractivity contribution < 1.29 is 4.42 Å². The van der Waals surface area contributed by atoms with Gasteiger partial charge in [0, 0.05) is 24.7 Å². The Morgan fingerprint density at radius 2 is 2.20 bits per heavy atom. The Morgan fingerprint density at radius 3 is 2.95 bits per heavy atom. The van der Waals surface area contributed by atoms with Crippen LogP contribution in [0.3, 0.4) is 0 Å². The van der Waals surface area contributed by atoms with Gasteiger partial charge in [-0.15, -0.1) is 0 Å². The molecule has 1 atom stereocenters. The van der Waals surface area contributed by atoms with Gasteiger partial charge in [-0.2, -0.15) is 0 Å². The lowest BCUT2D eigenvalue weighted by molar-refractivity contribution is 0.164. The molecule has 1 aromatic heterocycles. The first kappa shape index (κ1) is 14.2. The van der Waals surface area contributed by atoms with Crippen molar-refractivity contribution in [1.82, 2.24) is 10.2 Å². The molecule has 0 bridgehead atoms. The number of rotatable bonds is 6. The Labute approximate surface area is 122 Å². The molecule has 1 aliphatic heterocycles. The van der Waals surface area contributed by atoms with Crippen LogP contribution in [0.2, 0.25) is 0 Å². The van der Waals surface area contributed by atoms with E-state index in [1.54, 1.807) is 0 Å². The summed E-state index contributed by atoms with van der Waals surface area (Å²) in [6, 6.07) is 3.01. The molecule has 0 amide bonds. The van der Waals surface area contributed by atoms with Crippen LogP contribution >= 0.6 is 0 Å². The third-order valence-corrected chi connectivity index (χ3v) is 4.79. The molecule has 1 unspecified atom stereocenters. The summed E-state index contributed by atoms with van der Waals surface area (Å²) in [6.07, 6.45) is 6.74. The second kappa shape index (κ2) is 6.31. The summed E-state index contributed by atoms with van der Waals surface area (Å²) >= 11 is 0. The zero-order valence-corrected chi connectivity index (χ0v) is 13.0. The first-order valence-corrected chi connectivity index (χ1v) is 8.28. The van der Waals surface area contributed by atoms with Crippen LogP contribution in [-0.4, -0.2) is 24.0 Å². The third-order valence-electron chi connectivity index (χ3n) is 4.79. The monoisotopic (exact) mass is 276 g/mol. The fraction of sp³-hybridized carbons (Fsp3) is 0.765. The summed E-state index contributed by atoms with van der Waals surface area (Å²) in [5, 5.41) is 3.53. The lowest BCUT2D eigenvalue weighted by Crippen LogP contribution is -2.34. The zero-order chi connectivity index (χ0) is 13.9. The van der Waals surface area contributed by atoms with Crippen LogP contribution in [-0.2, 0) is 13.1 Å². The molecular weight excluding hydrogens is 248 g/mol. The second-order valence-corrected chi connectivity index (χ2v) is 6.60. The van der Waals surface area contributed by atoms with E-state index in [1.807, 2.05) is 0 Å². The second-order valence-electron chi connectivity index (χ2n) is 6.60. The third kappa shape index (κ3) is 3.64. The van der Waals surface area contributed by atoms with Gasteiger partial charge in [-0.3, -0.25) is 4.90 Å². The Balaban J connectivity index is 1.55. The molecule has 2 heterocycles. The lowest BCUT2D eigenvalue weighted by Gasteiger charge is -2.32. The molecule has 3 nitrogen and oxygen atoms in total. The molecule has 1 saturated heterocycles.